The first-order chi connectivity index (χ1) is 22.6. The van der Waals surface area contributed by atoms with Crippen molar-refractivity contribution in [2.45, 2.75) is 0 Å². The molecule has 0 fully saturated rings. The summed E-state index contributed by atoms with van der Waals surface area (Å²) in [5, 5.41) is 18.9. The molecular weight excluding hydrogens is 562 g/mol. The Balaban J connectivity index is 1.35. The summed E-state index contributed by atoms with van der Waals surface area (Å²) in [6.07, 6.45) is 3.58. The number of fused-ring (bicyclic) bond motifs is 3. The molecule has 7 aromatic rings. The summed E-state index contributed by atoms with van der Waals surface area (Å²) in [6.45, 7) is 0. The molecule has 0 saturated carbocycles. The third kappa shape index (κ3) is 5.00. The largest absolute Gasteiger partial charge is 0.299 e. The highest BCUT2D eigenvalue weighted by molar-refractivity contribution is 6.53. The van der Waals surface area contributed by atoms with Crippen molar-refractivity contribution in [3.63, 3.8) is 0 Å². The van der Waals surface area contributed by atoms with Crippen molar-refractivity contribution in [2.24, 2.45) is 0 Å². The molecule has 5 nitrogen and oxygen atoms in total. The molecule has 46 heavy (non-hydrogen) atoms. The van der Waals surface area contributed by atoms with Gasteiger partial charge in [-0.15, -0.1) is 0 Å². The van der Waals surface area contributed by atoms with Gasteiger partial charge in [-0.2, -0.15) is 0 Å². The summed E-state index contributed by atoms with van der Waals surface area (Å²) >= 11 is 0. The van der Waals surface area contributed by atoms with Crippen molar-refractivity contribution < 1.29 is 0 Å². The highest BCUT2D eigenvalue weighted by Crippen LogP contribution is 2.35. The Hall–Kier alpha value is -6.33. The van der Waals surface area contributed by atoms with E-state index in [4.69, 9.17) is 25.8 Å². The molecule has 0 spiro atoms. The van der Waals surface area contributed by atoms with Crippen LogP contribution in [0, 0.1) is 10.8 Å². The monoisotopic (exact) mass is 589 g/mol. The lowest BCUT2D eigenvalue weighted by atomic mass is 9.88. The van der Waals surface area contributed by atoms with Crippen molar-refractivity contribution in [3.8, 4) is 56.4 Å². The average Bonchev–Trinajstić information content (AvgIpc) is 3.13. The first-order valence-electron chi connectivity index (χ1n) is 15.1. The second kappa shape index (κ2) is 11.3. The zero-order valence-electron chi connectivity index (χ0n) is 24.8. The van der Waals surface area contributed by atoms with E-state index in [0.717, 1.165) is 60.8 Å². The molecule has 0 aliphatic heterocycles. The summed E-state index contributed by atoms with van der Waals surface area (Å²) in [5.41, 5.74) is 9.08. The number of allylic oxidation sites excluding steroid dienone is 1. The lowest BCUT2D eigenvalue weighted by Gasteiger charge is -2.16. The maximum absolute atomic E-state index is 8.69. The minimum absolute atomic E-state index is 0.201. The van der Waals surface area contributed by atoms with Crippen LogP contribution in [-0.4, -0.2) is 26.4 Å². The van der Waals surface area contributed by atoms with Gasteiger partial charge in [0.1, 0.15) is 0 Å². The van der Waals surface area contributed by atoms with Gasteiger partial charge in [-0.3, -0.25) is 10.8 Å². The van der Waals surface area contributed by atoms with Gasteiger partial charge in [0.25, 0.3) is 0 Å². The van der Waals surface area contributed by atoms with E-state index in [1.54, 1.807) is 6.08 Å². The Labute approximate surface area is 266 Å². The van der Waals surface area contributed by atoms with E-state index in [0.29, 0.717) is 17.5 Å². The van der Waals surface area contributed by atoms with E-state index in [1.807, 2.05) is 97.1 Å². The number of nitrogens with one attached hydrogen (secondary N) is 2. The molecule has 0 atom stereocenters. The smallest absolute Gasteiger partial charge is 0.164 e. The zero-order valence-corrected chi connectivity index (χ0v) is 24.8. The highest BCUT2D eigenvalue weighted by atomic mass is 15.0. The predicted molar refractivity (Wildman–Crippen MR) is 188 cm³/mol. The van der Waals surface area contributed by atoms with Gasteiger partial charge in [0, 0.05) is 22.3 Å². The summed E-state index contributed by atoms with van der Waals surface area (Å²) in [5.74, 6) is 1.70. The molecule has 1 aromatic heterocycles. The minimum Gasteiger partial charge on any atom is -0.299 e. The Kier molecular flexibility index (Phi) is 6.69. The molecule has 0 saturated heterocycles. The van der Waals surface area contributed by atoms with Crippen LogP contribution in [0.1, 0.15) is 11.1 Å². The van der Waals surface area contributed by atoms with Gasteiger partial charge < -0.3 is 0 Å². The molecule has 2 N–H and O–H groups in total. The van der Waals surface area contributed by atoms with Crippen LogP contribution in [0.25, 0.3) is 73.3 Å². The third-order valence-electron chi connectivity index (χ3n) is 8.33. The quantitative estimate of drug-likeness (QED) is 0.210. The first kappa shape index (κ1) is 27.2. The van der Waals surface area contributed by atoms with Crippen molar-refractivity contribution in [1.29, 1.82) is 10.8 Å². The molecule has 6 aromatic carbocycles. The Morgan fingerprint density at radius 3 is 1.50 bits per heavy atom. The van der Waals surface area contributed by atoms with Crippen molar-refractivity contribution >= 4 is 28.3 Å². The predicted octanol–water partition coefficient (Wildman–Crippen LogP) is 9.77. The van der Waals surface area contributed by atoms with E-state index in [9.17, 15) is 0 Å². The van der Waals surface area contributed by atoms with Gasteiger partial charge in [0.2, 0.25) is 0 Å². The number of rotatable bonds is 5. The normalized spacial score (nSPS) is 12.3. The Morgan fingerprint density at radius 2 is 0.891 bits per heavy atom. The molecule has 0 unspecified atom stereocenters. The summed E-state index contributed by atoms with van der Waals surface area (Å²) in [6, 6.07) is 47.3. The van der Waals surface area contributed by atoms with Crippen LogP contribution in [0.3, 0.4) is 0 Å². The van der Waals surface area contributed by atoms with E-state index in [2.05, 4.69) is 48.5 Å². The highest BCUT2D eigenvalue weighted by Gasteiger charge is 2.20. The Bertz CT molecular complexity index is 2270. The first-order valence-corrected chi connectivity index (χ1v) is 15.1. The summed E-state index contributed by atoms with van der Waals surface area (Å²) in [7, 11) is 0. The van der Waals surface area contributed by atoms with Crippen LogP contribution in [0.2, 0.25) is 0 Å². The third-order valence-corrected chi connectivity index (χ3v) is 8.33. The number of nitrogens with zero attached hydrogens (tertiary/aromatic N) is 3. The SMILES string of the molecule is N=C1C=Cc2ccc3ccc(-c4nc(-c5ccccc5)nc(-c5cc(-c6ccccc6)cc(-c6ccccc6)c5)n4)cc3c2C1=N. The molecule has 0 amide bonds. The fourth-order valence-electron chi connectivity index (χ4n) is 5.99. The van der Waals surface area contributed by atoms with Crippen molar-refractivity contribution in [3.05, 3.63) is 157 Å². The van der Waals surface area contributed by atoms with Gasteiger partial charge >= 0.3 is 0 Å². The molecule has 8 rings (SSSR count). The summed E-state index contributed by atoms with van der Waals surface area (Å²) < 4.78 is 0. The lowest BCUT2D eigenvalue weighted by molar-refractivity contribution is 1.07. The molecule has 0 radical (unpaired) electrons. The minimum atomic E-state index is 0.201. The number of hydrogen-bond acceptors (Lipinski definition) is 5. The van der Waals surface area contributed by atoms with E-state index < -0.39 is 0 Å². The molecule has 216 valence electrons. The van der Waals surface area contributed by atoms with Crippen LogP contribution in [-0.2, 0) is 0 Å². The molecular formula is C41H27N5. The maximum atomic E-state index is 8.69. The van der Waals surface area contributed by atoms with Crippen LogP contribution in [0.15, 0.2) is 146 Å². The fraction of sp³-hybridized carbons (Fsp3) is 0. The molecule has 0 bridgehead atoms. The van der Waals surface area contributed by atoms with Crippen LogP contribution in [0.5, 0.6) is 0 Å². The number of hydrogen-bond donors (Lipinski definition) is 2. The van der Waals surface area contributed by atoms with Crippen LogP contribution >= 0.6 is 0 Å². The van der Waals surface area contributed by atoms with Gasteiger partial charge in [-0.25, -0.2) is 15.0 Å². The van der Waals surface area contributed by atoms with E-state index in [-0.39, 0.29) is 11.4 Å². The van der Waals surface area contributed by atoms with Gasteiger partial charge in [0.15, 0.2) is 17.5 Å². The molecule has 1 aliphatic carbocycles. The van der Waals surface area contributed by atoms with Crippen LogP contribution in [0.4, 0.5) is 0 Å². The van der Waals surface area contributed by atoms with Gasteiger partial charge in [0.05, 0.1) is 11.4 Å². The average molecular weight is 590 g/mol. The second-order valence-electron chi connectivity index (χ2n) is 11.3. The van der Waals surface area contributed by atoms with Crippen LogP contribution < -0.4 is 0 Å². The topological polar surface area (TPSA) is 86.4 Å². The standard InChI is InChI=1S/C41H27N5/c42-36-21-20-29-18-16-28-17-19-31(25-35(28)37(29)38(36)43)40-44-39(30-14-8-3-9-15-30)45-41(46-40)34-23-32(26-10-4-1-5-11-26)22-33(24-34)27-12-6-2-7-13-27/h1-25,42-43H. The maximum Gasteiger partial charge on any atom is 0.164 e. The van der Waals surface area contributed by atoms with E-state index in [1.165, 1.54) is 0 Å². The fourth-order valence-corrected chi connectivity index (χ4v) is 5.99. The molecule has 5 heteroatoms. The number of benzene rings is 6. The van der Waals surface area contributed by atoms with Crippen molar-refractivity contribution in [1.82, 2.24) is 15.0 Å². The molecule has 1 heterocycles. The van der Waals surface area contributed by atoms with Gasteiger partial charge in [-0.05, 0) is 68.9 Å². The second-order valence-corrected chi connectivity index (χ2v) is 11.3. The number of aromatic nitrogens is 3. The van der Waals surface area contributed by atoms with Gasteiger partial charge in [-0.1, -0.05) is 121 Å². The lowest BCUT2D eigenvalue weighted by Crippen LogP contribution is -2.16. The van der Waals surface area contributed by atoms with Crippen molar-refractivity contribution in [2.75, 3.05) is 0 Å². The Morgan fingerprint density at radius 1 is 0.391 bits per heavy atom. The summed E-state index contributed by atoms with van der Waals surface area (Å²) in [4.78, 5) is 15.1. The zero-order chi connectivity index (χ0) is 31.0. The molecule has 1 aliphatic rings. The van der Waals surface area contributed by atoms with E-state index >= 15 is 0 Å².